The van der Waals surface area contributed by atoms with Gasteiger partial charge in [0.05, 0.1) is 12.6 Å². The summed E-state index contributed by atoms with van der Waals surface area (Å²) in [6.07, 6.45) is 0.899. The maximum atomic E-state index is 12.9. The van der Waals surface area contributed by atoms with E-state index in [0.29, 0.717) is 25.8 Å². The van der Waals surface area contributed by atoms with E-state index in [1.54, 1.807) is 0 Å². The fourth-order valence-electron chi connectivity index (χ4n) is 2.96. The summed E-state index contributed by atoms with van der Waals surface area (Å²) >= 11 is 0. The van der Waals surface area contributed by atoms with Gasteiger partial charge < -0.3 is 54.2 Å². The van der Waals surface area contributed by atoms with Crippen molar-refractivity contribution >= 4 is 35.6 Å². The van der Waals surface area contributed by atoms with Gasteiger partial charge in [-0.2, -0.15) is 0 Å². The van der Waals surface area contributed by atoms with Crippen LogP contribution in [0.1, 0.15) is 44.9 Å². The second kappa shape index (κ2) is 17.9. The average molecular weight is 519 g/mol. The molecule has 4 unspecified atom stereocenters. The number of hydrogen-bond donors (Lipinski definition) is 10. The molecule has 16 heteroatoms. The molecule has 0 fully saturated rings. The smallest absolute Gasteiger partial charge is 0.328 e. The van der Waals surface area contributed by atoms with E-state index in [1.807, 2.05) is 5.32 Å². The minimum Gasteiger partial charge on any atom is -0.481 e. The van der Waals surface area contributed by atoms with E-state index >= 15 is 0 Å². The molecular weight excluding hydrogens is 480 g/mol. The minimum absolute atomic E-state index is 0.0974. The number of nitrogens with two attached hydrogens (primary N) is 4. The molecule has 0 aromatic rings. The number of unbranched alkanes of at least 4 members (excludes halogenated alkanes) is 1. The molecule has 0 saturated carbocycles. The number of carboxylic acid groups (broad SMARTS) is 2. The van der Waals surface area contributed by atoms with Crippen molar-refractivity contribution in [2.24, 2.45) is 27.9 Å². The van der Waals surface area contributed by atoms with Crippen LogP contribution < -0.4 is 38.9 Å². The van der Waals surface area contributed by atoms with Gasteiger partial charge in [0.1, 0.15) is 18.1 Å². The molecule has 4 atom stereocenters. The SMILES string of the molecule is NCCCCC(NC(=O)C(N)CCCN=C(N)N)C(=O)NC(CCC(=O)O)C(=O)NC(CO)C(=O)O. The highest BCUT2D eigenvalue weighted by Gasteiger charge is 2.30. The van der Waals surface area contributed by atoms with E-state index in [0.717, 1.165) is 0 Å². The van der Waals surface area contributed by atoms with E-state index in [4.69, 9.17) is 38.3 Å². The molecule has 3 amide bonds. The third kappa shape index (κ3) is 14.0. The van der Waals surface area contributed by atoms with Crippen LogP contribution in [0.3, 0.4) is 0 Å². The Morgan fingerprint density at radius 3 is 1.83 bits per heavy atom. The zero-order valence-electron chi connectivity index (χ0n) is 20.0. The Morgan fingerprint density at radius 2 is 1.33 bits per heavy atom. The number of nitrogens with zero attached hydrogens (tertiary/aromatic N) is 1. The second-order valence-electron chi connectivity index (χ2n) is 7.98. The minimum atomic E-state index is -1.65. The number of carbonyl (C=O) groups is 5. The lowest BCUT2D eigenvalue weighted by atomic mass is 10.0. The maximum absolute atomic E-state index is 12.9. The maximum Gasteiger partial charge on any atom is 0.328 e. The monoisotopic (exact) mass is 518 g/mol. The van der Waals surface area contributed by atoms with Crippen LogP contribution in [-0.2, 0) is 24.0 Å². The summed E-state index contributed by atoms with van der Waals surface area (Å²) in [6.45, 7) is -0.317. The van der Waals surface area contributed by atoms with Crippen LogP contribution in [0.2, 0.25) is 0 Å². The number of carbonyl (C=O) groups excluding carboxylic acids is 3. The van der Waals surface area contributed by atoms with Crippen LogP contribution in [0.4, 0.5) is 0 Å². The third-order valence-electron chi connectivity index (χ3n) is 4.96. The van der Waals surface area contributed by atoms with Gasteiger partial charge in [-0.05, 0) is 45.1 Å². The number of hydrogen-bond acceptors (Lipinski definition) is 9. The number of carboxylic acids is 2. The van der Waals surface area contributed by atoms with E-state index in [2.05, 4.69) is 15.6 Å². The summed E-state index contributed by atoms with van der Waals surface area (Å²) in [7, 11) is 0. The number of guanidine groups is 1. The van der Waals surface area contributed by atoms with Crippen molar-refractivity contribution in [3.8, 4) is 0 Å². The fourth-order valence-corrected chi connectivity index (χ4v) is 2.96. The van der Waals surface area contributed by atoms with E-state index in [9.17, 15) is 24.0 Å². The number of rotatable bonds is 19. The Balaban J connectivity index is 5.40. The first-order chi connectivity index (χ1) is 16.9. The highest BCUT2D eigenvalue weighted by Crippen LogP contribution is 2.06. The molecule has 14 N–H and O–H groups in total. The molecule has 0 bridgehead atoms. The van der Waals surface area contributed by atoms with Crippen molar-refractivity contribution in [1.29, 1.82) is 0 Å². The Labute approximate surface area is 208 Å². The Hall–Kier alpha value is -3.50. The van der Waals surface area contributed by atoms with Crippen LogP contribution in [0.25, 0.3) is 0 Å². The van der Waals surface area contributed by atoms with E-state index in [-0.39, 0.29) is 31.8 Å². The van der Waals surface area contributed by atoms with Crippen LogP contribution in [0.5, 0.6) is 0 Å². The van der Waals surface area contributed by atoms with Crippen molar-refractivity contribution in [3.63, 3.8) is 0 Å². The van der Waals surface area contributed by atoms with Crippen molar-refractivity contribution in [2.75, 3.05) is 19.7 Å². The average Bonchev–Trinajstić information content (AvgIpc) is 2.81. The summed E-state index contributed by atoms with van der Waals surface area (Å²) in [5.74, 6) is -5.30. The molecule has 36 heavy (non-hydrogen) atoms. The summed E-state index contributed by atoms with van der Waals surface area (Å²) in [4.78, 5) is 63.9. The molecule has 0 aromatic carbocycles. The molecule has 206 valence electrons. The van der Waals surface area contributed by atoms with E-state index < -0.39 is 66.9 Å². The van der Waals surface area contributed by atoms with Gasteiger partial charge in [-0.1, -0.05) is 0 Å². The Kier molecular flexibility index (Phi) is 16.1. The summed E-state index contributed by atoms with van der Waals surface area (Å²) in [5, 5.41) is 34.0. The van der Waals surface area contributed by atoms with Crippen molar-refractivity contribution < 1.29 is 39.3 Å². The van der Waals surface area contributed by atoms with Crippen LogP contribution in [0, 0.1) is 0 Å². The number of aliphatic carboxylic acids is 2. The van der Waals surface area contributed by atoms with Gasteiger partial charge >= 0.3 is 11.9 Å². The first kappa shape index (κ1) is 32.5. The van der Waals surface area contributed by atoms with Gasteiger partial charge in [0, 0.05) is 13.0 Å². The van der Waals surface area contributed by atoms with Crippen LogP contribution in [0.15, 0.2) is 4.99 Å². The molecule has 0 aromatic heterocycles. The number of nitrogens with one attached hydrogen (secondary N) is 3. The normalized spacial score (nSPS) is 14.0. The van der Waals surface area contributed by atoms with Crippen LogP contribution >= 0.6 is 0 Å². The van der Waals surface area contributed by atoms with Crippen molar-refractivity contribution in [2.45, 2.75) is 69.1 Å². The largest absolute Gasteiger partial charge is 0.481 e. The molecule has 0 heterocycles. The van der Waals surface area contributed by atoms with Gasteiger partial charge in [0.25, 0.3) is 0 Å². The van der Waals surface area contributed by atoms with Crippen molar-refractivity contribution in [3.05, 3.63) is 0 Å². The zero-order chi connectivity index (χ0) is 27.7. The molecular formula is C20H38N8O8. The van der Waals surface area contributed by atoms with Crippen LogP contribution in [-0.4, -0.2) is 94.8 Å². The lowest BCUT2D eigenvalue weighted by molar-refractivity contribution is -0.144. The van der Waals surface area contributed by atoms with Crippen molar-refractivity contribution in [1.82, 2.24) is 16.0 Å². The van der Waals surface area contributed by atoms with E-state index in [1.165, 1.54) is 0 Å². The molecule has 0 aliphatic carbocycles. The quantitative estimate of drug-likeness (QED) is 0.0443. The molecule has 16 nitrogen and oxygen atoms in total. The lowest BCUT2D eigenvalue weighted by Gasteiger charge is -2.25. The number of amides is 3. The molecule has 0 aliphatic rings. The van der Waals surface area contributed by atoms with Gasteiger partial charge in [-0.25, -0.2) is 4.79 Å². The number of aliphatic hydroxyl groups is 1. The number of aliphatic imine (C=N–C) groups is 1. The third-order valence-corrected chi connectivity index (χ3v) is 4.96. The highest BCUT2D eigenvalue weighted by atomic mass is 16.4. The molecule has 0 aliphatic heterocycles. The second-order valence-corrected chi connectivity index (χ2v) is 7.98. The van der Waals surface area contributed by atoms with Gasteiger partial charge in [-0.3, -0.25) is 24.2 Å². The zero-order valence-corrected chi connectivity index (χ0v) is 20.0. The predicted molar refractivity (Wildman–Crippen MR) is 128 cm³/mol. The summed E-state index contributed by atoms with van der Waals surface area (Å²) < 4.78 is 0. The summed E-state index contributed by atoms with van der Waals surface area (Å²) in [6, 6.07) is -5.19. The highest BCUT2D eigenvalue weighted by molar-refractivity contribution is 5.94. The molecule has 0 rings (SSSR count). The topological polar surface area (TPSA) is 299 Å². The first-order valence-corrected chi connectivity index (χ1v) is 11.4. The summed E-state index contributed by atoms with van der Waals surface area (Å²) in [5.41, 5.74) is 21.8. The fraction of sp³-hybridized carbons (Fsp3) is 0.700. The number of aliphatic hydroxyl groups excluding tert-OH is 1. The van der Waals surface area contributed by atoms with Gasteiger partial charge in [0.2, 0.25) is 17.7 Å². The first-order valence-electron chi connectivity index (χ1n) is 11.4. The Bertz CT molecular complexity index is 775. The predicted octanol–water partition coefficient (Wildman–Crippen LogP) is -4.11. The van der Waals surface area contributed by atoms with Gasteiger partial charge in [0.15, 0.2) is 5.96 Å². The molecule has 0 radical (unpaired) electrons. The van der Waals surface area contributed by atoms with Gasteiger partial charge in [-0.15, -0.1) is 0 Å². The molecule has 0 spiro atoms. The standard InChI is InChI=1S/C20H38N8O8/c21-8-2-1-5-12(26-16(32)11(22)4-3-9-25-20(23)24)17(33)27-13(6-7-15(30)31)18(34)28-14(10-29)19(35)36/h11-14,29H,1-10,21-22H2,(H,26,32)(H,27,33)(H,28,34)(H,30,31)(H,35,36)(H4,23,24,25). The Morgan fingerprint density at radius 1 is 0.778 bits per heavy atom. The molecule has 0 saturated heterocycles. The lowest BCUT2D eigenvalue weighted by Crippen LogP contribution is -2.57.